The Balaban J connectivity index is 1.35. The molecule has 136 valence electrons. The number of hydrogen-bond donors (Lipinski definition) is 2. The SMILES string of the molecule is O=C(NC[C@@H]1CCCO1)c1cn(-c2ccc(NC(=O)C3CC3)cn2)cn1. The summed E-state index contributed by atoms with van der Waals surface area (Å²) in [5.41, 5.74) is 0.996. The van der Waals surface area contributed by atoms with Crippen molar-refractivity contribution in [1.82, 2.24) is 19.9 Å². The van der Waals surface area contributed by atoms with Gasteiger partial charge in [-0.25, -0.2) is 9.97 Å². The first-order valence-corrected chi connectivity index (χ1v) is 8.90. The quantitative estimate of drug-likeness (QED) is 0.819. The molecule has 0 bridgehead atoms. The minimum Gasteiger partial charge on any atom is -0.376 e. The van der Waals surface area contributed by atoms with Crippen LogP contribution in [0.1, 0.15) is 36.2 Å². The van der Waals surface area contributed by atoms with Crippen LogP contribution in [0.5, 0.6) is 0 Å². The van der Waals surface area contributed by atoms with Crippen LogP contribution < -0.4 is 10.6 Å². The molecule has 2 aromatic heterocycles. The number of ether oxygens (including phenoxy) is 1. The average molecular weight is 355 g/mol. The second-order valence-corrected chi connectivity index (χ2v) is 6.68. The molecule has 1 atom stereocenters. The van der Waals surface area contributed by atoms with E-state index in [-0.39, 0.29) is 23.8 Å². The van der Waals surface area contributed by atoms with E-state index in [9.17, 15) is 9.59 Å². The van der Waals surface area contributed by atoms with Gasteiger partial charge in [-0.1, -0.05) is 0 Å². The molecule has 4 rings (SSSR count). The molecule has 1 aliphatic carbocycles. The Morgan fingerprint density at radius 2 is 2.12 bits per heavy atom. The number of nitrogens with zero attached hydrogens (tertiary/aromatic N) is 3. The fourth-order valence-electron chi connectivity index (χ4n) is 2.87. The minimum atomic E-state index is -0.229. The maximum Gasteiger partial charge on any atom is 0.271 e. The molecule has 8 heteroatoms. The van der Waals surface area contributed by atoms with Gasteiger partial charge in [0.1, 0.15) is 17.8 Å². The van der Waals surface area contributed by atoms with E-state index in [2.05, 4.69) is 20.6 Å². The van der Waals surface area contributed by atoms with Crippen molar-refractivity contribution in [3.63, 3.8) is 0 Å². The van der Waals surface area contributed by atoms with Gasteiger partial charge in [0.25, 0.3) is 5.91 Å². The lowest BCUT2D eigenvalue weighted by atomic mass is 10.2. The van der Waals surface area contributed by atoms with Crippen LogP contribution in [-0.4, -0.2) is 45.6 Å². The molecule has 8 nitrogen and oxygen atoms in total. The summed E-state index contributed by atoms with van der Waals surface area (Å²) in [4.78, 5) is 32.4. The van der Waals surface area contributed by atoms with Crippen LogP contribution in [0.15, 0.2) is 30.9 Å². The largest absolute Gasteiger partial charge is 0.376 e. The van der Waals surface area contributed by atoms with Gasteiger partial charge in [0, 0.05) is 25.3 Å². The monoisotopic (exact) mass is 355 g/mol. The number of nitrogens with one attached hydrogen (secondary N) is 2. The van der Waals surface area contributed by atoms with Crippen LogP contribution in [0.4, 0.5) is 5.69 Å². The molecule has 0 radical (unpaired) electrons. The summed E-state index contributed by atoms with van der Waals surface area (Å²) in [5, 5.41) is 5.69. The third kappa shape index (κ3) is 3.91. The fourth-order valence-corrected chi connectivity index (χ4v) is 2.87. The fraction of sp³-hybridized carbons (Fsp3) is 0.444. The van der Waals surface area contributed by atoms with Gasteiger partial charge in [-0.3, -0.25) is 14.2 Å². The van der Waals surface area contributed by atoms with Gasteiger partial charge in [-0.2, -0.15) is 0 Å². The second kappa shape index (κ2) is 7.25. The molecule has 3 heterocycles. The van der Waals surface area contributed by atoms with Crippen molar-refractivity contribution in [2.45, 2.75) is 31.8 Å². The van der Waals surface area contributed by atoms with Crippen LogP contribution in [-0.2, 0) is 9.53 Å². The number of carbonyl (C=O) groups is 2. The molecule has 1 aliphatic heterocycles. The third-order valence-electron chi connectivity index (χ3n) is 4.56. The number of aromatic nitrogens is 3. The van der Waals surface area contributed by atoms with Gasteiger partial charge in [0.2, 0.25) is 5.91 Å². The summed E-state index contributed by atoms with van der Waals surface area (Å²) in [7, 11) is 0. The summed E-state index contributed by atoms with van der Waals surface area (Å²) in [6, 6.07) is 3.57. The molecule has 2 amide bonds. The van der Waals surface area contributed by atoms with Gasteiger partial charge in [-0.15, -0.1) is 0 Å². The molecule has 0 aromatic carbocycles. The van der Waals surface area contributed by atoms with E-state index in [0.29, 0.717) is 23.7 Å². The molecule has 0 unspecified atom stereocenters. The highest BCUT2D eigenvalue weighted by atomic mass is 16.5. The number of rotatable bonds is 6. The summed E-state index contributed by atoms with van der Waals surface area (Å²) < 4.78 is 7.16. The normalized spacial score (nSPS) is 19.3. The Morgan fingerprint density at radius 3 is 2.81 bits per heavy atom. The number of imidazole rings is 1. The first-order valence-electron chi connectivity index (χ1n) is 8.90. The Morgan fingerprint density at radius 1 is 1.23 bits per heavy atom. The first kappa shape index (κ1) is 16.7. The van der Waals surface area contributed by atoms with E-state index >= 15 is 0 Å². The molecule has 2 N–H and O–H groups in total. The minimum absolute atomic E-state index is 0.0485. The highest BCUT2D eigenvalue weighted by Crippen LogP contribution is 2.30. The zero-order chi connectivity index (χ0) is 17.9. The van der Waals surface area contributed by atoms with Crippen molar-refractivity contribution < 1.29 is 14.3 Å². The first-order chi connectivity index (χ1) is 12.7. The lowest BCUT2D eigenvalue weighted by Gasteiger charge is -2.09. The van der Waals surface area contributed by atoms with Crippen LogP contribution in [0.3, 0.4) is 0 Å². The van der Waals surface area contributed by atoms with Crippen molar-refractivity contribution in [3.8, 4) is 5.82 Å². The highest BCUT2D eigenvalue weighted by molar-refractivity contribution is 5.94. The molecule has 2 aromatic rings. The van der Waals surface area contributed by atoms with Gasteiger partial charge in [0.15, 0.2) is 0 Å². The molecular weight excluding hydrogens is 334 g/mol. The van der Waals surface area contributed by atoms with Gasteiger partial charge >= 0.3 is 0 Å². The van der Waals surface area contributed by atoms with Crippen LogP contribution in [0, 0.1) is 5.92 Å². The summed E-state index contributed by atoms with van der Waals surface area (Å²) in [6.45, 7) is 1.26. The molecule has 2 aliphatic rings. The van der Waals surface area contributed by atoms with Crippen LogP contribution in [0.25, 0.3) is 5.82 Å². The summed E-state index contributed by atoms with van der Waals surface area (Å²) in [5.74, 6) is 0.596. The van der Waals surface area contributed by atoms with Gasteiger partial charge in [0.05, 0.1) is 18.0 Å². The Kier molecular flexibility index (Phi) is 4.66. The lowest BCUT2D eigenvalue weighted by molar-refractivity contribution is -0.117. The number of pyridine rings is 1. The molecule has 0 spiro atoms. The molecular formula is C18H21N5O3. The van der Waals surface area contributed by atoms with Crippen molar-refractivity contribution in [2.75, 3.05) is 18.5 Å². The average Bonchev–Trinajstić information content (AvgIpc) is 3.17. The predicted molar refractivity (Wildman–Crippen MR) is 94.0 cm³/mol. The standard InChI is InChI=1S/C18H21N5O3/c24-17(12-3-4-12)22-13-5-6-16(19-8-13)23-10-15(21-11-23)18(25)20-9-14-2-1-7-26-14/h5-6,8,10-12,14H,1-4,7,9H2,(H,20,25)(H,22,24)/t14-/m0/s1. The second-order valence-electron chi connectivity index (χ2n) is 6.68. The van der Waals surface area contributed by atoms with Crippen molar-refractivity contribution in [1.29, 1.82) is 0 Å². The Labute approximate surface area is 151 Å². The van der Waals surface area contributed by atoms with Gasteiger partial charge in [-0.05, 0) is 37.8 Å². The third-order valence-corrected chi connectivity index (χ3v) is 4.56. The zero-order valence-corrected chi connectivity index (χ0v) is 14.4. The number of hydrogen-bond acceptors (Lipinski definition) is 5. The smallest absolute Gasteiger partial charge is 0.271 e. The topological polar surface area (TPSA) is 98.1 Å². The van der Waals surface area contributed by atoms with Crippen molar-refractivity contribution in [2.24, 2.45) is 5.92 Å². The van der Waals surface area contributed by atoms with Gasteiger partial charge < -0.3 is 15.4 Å². The van der Waals surface area contributed by atoms with Crippen LogP contribution in [0.2, 0.25) is 0 Å². The predicted octanol–water partition coefficient (Wildman–Crippen LogP) is 1.52. The van der Waals surface area contributed by atoms with E-state index in [1.54, 1.807) is 35.4 Å². The van der Waals surface area contributed by atoms with E-state index in [1.807, 2.05) is 0 Å². The maximum absolute atomic E-state index is 12.2. The van der Waals surface area contributed by atoms with Crippen molar-refractivity contribution in [3.05, 3.63) is 36.5 Å². The van der Waals surface area contributed by atoms with E-state index < -0.39 is 0 Å². The molecule has 1 saturated heterocycles. The summed E-state index contributed by atoms with van der Waals surface area (Å²) >= 11 is 0. The highest BCUT2D eigenvalue weighted by Gasteiger charge is 2.29. The van der Waals surface area contributed by atoms with E-state index in [4.69, 9.17) is 4.74 Å². The molecule has 26 heavy (non-hydrogen) atoms. The zero-order valence-electron chi connectivity index (χ0n) is 14.4. The maximum atomic E-state index is 12.2. The molecule has 2 fully saturated rings. The number of carbonyl (C=O) groups excluding carboxylic acids is 2. The number of amides is 2. The van der Waals surface area contributed by atoms with Crippen molar-refractivity contribution >= 4 is 17.5 Å². The molecule has 1 saturated carbocycles. The lowest BCUT2D eigenvalue weighted by Crippen LogP contribution is -2.31. The van der Waals surface area contributed by atoms with Crippen LogP contribution >= 0.6 is 0 Å². The Hall–Kier alpha value is -2.74. The number of anilines is 1. The summed E-state index contributed by atoms with van der Waals surface area (Å²) in [6.07, 6.45) is 8.82. The van der Waals surface area contributed by atoms with E-state index in [0.717, 1.165) is 32.3 Å². The van der Waals surface area contributed by atoms with E-state index in [1.165, 1.54) is 0 Å². The Bertz CT molecular complexity index is 791.